The lowest BCUT2D eigenvalue weighted by atomic mass is 10.1. The SMILES string of the molecule is Cc1ccc(Cn2cc(Br)c(NC(=O)c3noc(C)c3Cn3nc([N+](=O)[O-])cc3C)n2)cc1. The van der Waals surface area contributed by atoms with Crippen molar-refractivity contribution in [2.75, 3.05) is 5.32 Å². The minimum absolute atomic E-state index is 0.0602. The van der Waals surface area contributed by atoms with Crippen LogP contribution in [0.25, 0.3) is 0 Å². The fraction of sp³-hybridized carbons (Fsp3) is 0.238. The van der Waals surface area contributed by atoms with E-state index in [-0.39, 0.29) is 18.1 Å². The molecule has 0 saturated heterocycles. The van der Waals surface area contributed by atoms with Gasteiger partial charge in [-0.05, 0) is 47.2 Å². The van der Waals surface area contributed by atoms with Gasteiger partial charge in [-0.2, -0.15) is 9.78 Å². The quantitative estimate of drug-likeness (QED) is 0.291. The van der Waals surface area contributed by atoms with Crippen molar-refractivity contribution in [3.8, 4) is 0 Å². The Labute approximate surface area is 196 Å². The van der Waals surface area contributed by atoms with Crippen LogP contribution in [0.1, 0.15) is 38.6 Å². The van der Waals surface area contributed by atoms with Crippen molar-refractivity contribution < 1.29 is 14.2 Å². The number of carbonyl (C=O) groups excluding carboxylic acids is 1. The van der Waals surface area contributed by atoms with Gasteiger partial charge in [-0.1, -0.05) is 35.0 Å². The maximum absolute atomic E-state index is 13.0. The molecule has 33 heavy (non-hydrogen) atoms. The van der Waals surface area contributed by atoms with Crippen LogP contribution in [0, 0.1) is 30.9 Å². The predicted molar refractivity (Wildman–Crippen MR) is 122 cm³/mol. The van der Waals surface area contributed by atoms with Crippen LogP contribution >= 0.6 is 15.9 Å². The van der Waals surface area contributed by atoms with Crippen molar-refractivity contribution in [2.45, 2.75) is 33.9 Å². The average Bonchev–Trinajstić information content (AvgIpc) is 3.42. The van der Waals surface area contributed by atoms with Crippen LogP contribution in [-0.2, 0) is 13.1 Å². The van der Waals surface area contributed by atoms with Crippen LogP contribution in [0.15, 0.2) is 45.5 Å². The molecule has 1 aromatic carbocycles. The molecule has 3 heterocycles. The highest BCUT2D eigenvalue weighted by Crippen LogP contribution is 2.23. The van der Waals surface area contributed by atoms with Gasteiger partial charge in [0.25, 0.3) is 5.91 Å². The summed E-state index contributed by atoms with van der Waals surface area (Å²) in [6.07, 6.45) is 1.77. The van der Waals surface area contributed by atoms with Gasteiger partial charge in [0.2, 0.25) is 0 Å². The van der Waals surface area contributed by atoms with E-state index in [0.717, 1.165) is 5.56 Å². The standard InChI is InChI=1S/C21H20BrN7O4/c1-12-4-6-15(7-5-12)9-27-11-17(22)20(25-27)23-21(30)19-16(14(3)33-26-19)10-28-13(2)8-18(24-28)29(31)32/h4-8,11H,9-10H2,1-3H3,(H,23,25,30). The van der Waals surface area contributed by atoms with Crippen molar-refractivity contribution in [2.24, 2.45) is 0 Å². The van der Waals surface area contributed by atoms with Gasteiger partial charge in [0.05, 0.1) is 40.0 Å². The number of benzene rings is 1. The topological polar surface area (TPSA) is 134 Å². The van der Waals surface area contributed by atoms with E-state index in [0.29, 0.717) is 33.9 Å². The second-order valence-electron chi connectivity index (χ2n) is 7.59. The first-order chi connectivity index (χ1) is 15.7. The fourth-order valence-electron chi connectivity index (χ4n) is 3.26. The van der Waals surface area contributed by atoms with Crippen molar-refractivity contribution in [3.05, 3.63) is 85.0 Å². The third-order valence-corrected chi connectivity index (χ3v) is 5.66. The minimum Gasteiger partial charge on any atom is -0.361 e. The van der Waals surface area contributed by atoms with Crippen LogP contribution in [-0.4, -0.2) is 35.5 Å². The number of hydrogen-bond donors (Lipinski definition) is 1. The summed E-state index contributed by atoms with van der Waals surface area (Å²) in [4.78, 5) is 23.4. The highest BCUT2D eigenvalue weighted by atomic mass is 79.9. The Balaban J connectivity index is 1.52. The molecule has 170 valence electrons. The number of nitrogens with zero attached hydrogens (tertiary/aromatic N) is 6. The molecule has 0 atom stereocenters. The van der Waals surface area contributed by atoms with Crippen molar-refractivity contribution in [1.82, 2.24) is 24.7 Å². The molecular weight excluding hydrogens is 494 g/mol. The molecule has 12 heteroatoms. The monoisotopic (exact) mass is 513 g/mol. The molecule has 0 aliphatic carbocycles. The van der Waals surface area contributed by atoms with Gasteiger partial charge in [0.1, 0.15) is 5.76 Å². The molecule has 0 unspecified atom stereocenters. The summed E-state index contributed by atoms with van der Waals surface area (Å²) in [5.74, 6) is -0.0237. The second kappa shape index (κ2) is 8.98. The van der Waals surface area contributed by atoms with E-state index in [2.05, 4.69) is 36.6 Å². The number of carbonyl (C=O) groups is 1. The van der Waals surface area contributed by atoms with Crippen LogP contribution in [0.2, 0.25) is 0 Å². The molecule has 3 aromatic heterocycles. The highest BCUT2D eigenvalue weighted by Gasteiger charge is 2.25. The van der Waals surface area contributed by atoms with Crippen LogP contribution in [0.5, 0.6) is 0 Å². The first kappa shape index (κ1) is 22.4. The molecular formula is C21H20BrN7O4. The normalized spacial score (nSPS) is 11.0. The number of nitrogens with one attached hydrogen (secondary N) is 1. The molecule has 11 nitrogen and oxygen atoms in total. The maximum atomic E-state index is 13.0. The van der Waals surface area contributed by atoms with E-state index in [1.54, 1.807) is 24.7 Å². The van der Waals surface area contributed by atoms with E-state index >= 15 is 0 Å². The van der Waals surface area contributed by atoms with Gasteiger partial charge in [0.15, 0.2) is 11.5 Å². The highest BCUT2D eigenvalue weighted by molar-refractivity contribution is 9.10. The van der Waals surface area contributed by atoms with Gasteiger partial charge in [0, 0.05) is 6.20 Å². The number of amides is 1. The maximum Gasteiger partial charge on any atom is 0.390 e. The Morgan fingerprint density at radius 2 is 1.91 bits per heavy atom. The average molecular weight is 514 g/mol. The van der Waals surface area contributed by atoms with Gasteiger partial charge in [-0.15, -0.1) is 0 Å². The molecule has 0 saturated carbocycles. The predicted octanol–water partition coefficient (Wildman–Crippen LogP) is 4.01. The molecule has 0 fully saturated rings. The van der Waals surface area contributed by atoms with Crippen molar-refractivity contribution in [3.63, 3.8) is 0 Å². The van der Waals surface area contributed by atoms with E-state index in [1.807, 2.05) is 31.2 Å². The number of anilines is 1. The zero-order valence-corrected chi connectivity index (χ0v) is 19.7. The zero-order valence-electron chi connectivity index (χ0n) is 18.1. The van der Waals surface area contributed by atoms with Crippen LogP contribution in [0.3, 0.4) is 0 Å². The lowest BCUT2D eigenvalue weighted by molar-refractivity contribution is -0.389. The van der Waals surface area contributed by atoms with Crippen molar-refractivity contribution >= 4 is 33.5 Å². The molecule has 1 amide bonds. The number of hydrogen-bond acceptors (Lipinski definition) is 7. The summed E-state index contributed by atoms with van der Waals surface area (Å²) < 4.78 is 8.98. The summed E-state index contributed by atoms with van der Waals surface area (Å²) >= 11 is 3.43. The molecule has 0 spiro atoms. The van der Waals surface area contributed by atoms with Crippen LogP contribution in [0.4, 0.5) is 11.6 Å². The summed E-state index contributed by atoms with van der Waals surface area (Å²) in [6, 6.07) is 9.47. The van der Waals surface area contributed by atoms with Crippen LogP contribution < -0.4 is 5.32 Å². The van der Waals surface area contributed by atoms with Gasteiger partial charge in [-0.3, -0.25) is 9.48 Å². The van der Waals surface area contributed by atoms with E-state index in [4.69, 9.17) is 4.52 Å². The number of rotatable bonds is 7. The number of nitro groups is 1. The minimum atomic E-state index is -0.567. The zero-order chi connectivity index (χ0) is 23.7. The van der Waals surface area contributed by atoms with Gasteiger partial charge in [-0.25, -0.2) is 0 Å². The third-order valence-electron chi connectivity index (χ3n) is 5.08. The van der Waals surface area contributed by atoms with Gasteiger partial charge < -0.3 is 20.0 Å². The Hall–Kier alpha value is -3.80. The summed E-state index contributed by atoms with van der Waals surface area (Å²) in [7, 11) is 0. The number of halogens is 1. The third kappa shape index (κ3) is 4.85. The largest absolute Gasteiger partial charge is 0.390 e. The van der Waals surface area contributed by atoms with E-state index < -0.39 is 10.8 Å². The van der Waals surface area contributed by atoms with Crippen molar-refractivity contribution in [1.29, 1.82) is 0 Å². The fourth-order valence-corrected chi connectivity index (χ4v) is 3.67. The molecule has 1 N–H and O–H groups in total. The summed E-state index contributed by atoms with van der Waals surface area (Å²) in [5, 5.41) is 26.0. The molecule has 4 aromatic rings. The first-order valence-electron chi connectivity index (χ1n) is 9.95. The molecule has 0 bridgehead atoms. The number of aromatic nitrogens is 5. The molecule has 0 radical (unpaired) electrons. The molecule has 0 aliphatic rings. The Morgan fingerprint density at radius 1 is 1.18 bits per heavy atom. The Kier molecular flexibility index (Phi) is 6.09. The lowest BCUT2D eigenvalue weighted by Crippen LogP contribution is -2.17. The lowest BCUT2D eigenvalue weighted by Gasteiger charge is -2.04. The van der Waals surface area contributed by atoms with E-state index in [9.17, 15) is 14.9 Å². The number of aryl methyl sites for hydroxylation is 3. The first-order valence-corrected chi connectivity index (χ1v) is 10.7. The molecule has 4 rings (SSSR count). The van der Waals surface area contributed by atoms with Gasteiger partial charge >= 0.3 is 5.82 Å². The smallest absolute Gasteiger partial charge is 0.361 e. The molecule has 0 aliphatic heterocycles. The second-order valence-corrected chi connectivity index (χ2v) is 8.44. The summed E-state index contributed by atoms with van der Waals surface area (Å²) in [6.45, 7) is 6.02. The summed E-state index contributed by atoms with van der Waals surface area (Å²) in [5.41, 5.74) is 3.36. The van der Waals surface area contributed by atoms with E-state index in [1.165, 1.54) is 16.3 Å². The Bertz CT molecular complexity index is 1340. The Morgan fingerprint density at radius 3 is 2.58 bits per heavy atom.